The Bertz CT molecular complexity index is 839. The van der Waals surface area contributed by atoms with Crippen LogP contribution >= 0.6 is 11.6 Å². The van der Waals surface area contributed by atoms with Gasteiger partial charge in [0.05, 0.1) is 4.90 Å². The lowest BCUT2D eigenvalue weighted by molar-refractivity contribution is 0.358. The van der Waals surface area contributed by atoms with E-state index in [1.165, 1.54) is 0 Å². The maximum absolute atomic E-state index is 13.3. The summed E-state index contributed by atoms with van der Waals surface area (Å²) < 4.78 is 15.3. The Hall–Kier alpha value is -1.94. The van der Waals surface area contributed by atoms with Gasteiger partial charge in [-0.1, -0.05) is 78.3 Å². The van der Waals surface area contributed by atoms with Gasteiger partial charge >= 0.3 is 0 Å². The van der Waals surface area contributed by atoms with E-state index in [0.29, 0.717) is 16.5 Å². The van der Waals surface area contributed by atoms with Gasteiger partial charge in [0.2, 0.25) is 0 Å². The van der Waals surface area contributed by atoms with Crippen LogP contribution in [0.4, 0.5) is 0 Å². The van der Waals surface area contributed by atoms with Crippen molar-refractivity contribution in [3.63, 3.8) is 0 Å². The van der Waals surface area contributed by atoms with Crippen molar-refractivity contribution in [2.45, 2.75) is 24.4 Å². The Kier molecular flexibility index (Phi) is 6.03. The van der Waals surface area contributed by atoms with E-state index in [-0.39, 0.29) is 6.04 Å². The summed E-state index contributed by atoms with van der Waals surface area (Å²) in [6.07, 6.45) is 0. The van der Waals surface area contributed by atoms with E-state index >= 15 is 0 Å². The largest absolute Gasteiger partial charge is 0.237 e. The molecular weight excluding hydrogens is 350 g/mol. The molecule has 25 heavy (non-hydrogen) atoms. The summed E-state index contributed by atoms with van der Waals surface area (Å²) in [6, 6.07) is 27.5. The SMILES string of the molecule is C[C@H](c1ccccc1)N(Cc1ccccc1)[S@@](=O)c1cccc(Cl)c1. The molecule has 0 spiro atoms. The molecule has 0 saturated heterocycles. The van der Waals surface area contributed by atoms with E-state index in [2.05, 4.69) is 31.2 Å². The predicted molar refractivity (Wildman–Crippen MR) is 105 cm³/mol. The van der Waals surface area contributed by atoms with Gasteiger partial charge < -0.3 is 0 Å². The minimum absolute atomic E-state index is 0.00113. The Morgan fingerprint density at radius 3 is 2.20 bits per heavy atom. The highest BCUT2D eigenvalue weighted by Crippen LogP contribution is 2.27. The summed E-state index contributed by atoms with van der Waals surface area (Å²) in [7, 11) is -1.31. The van der Waals surface area contributed by atoms with Crippen LogP contribution in [0.5, 0.6) is 0 Å². The lowest BCUT2D eigenvalue weighted by Crippen LogP contribution is -2.29. The van der Waals surface area contributed by atoms with Crippen LogP contribution in [0.1, 0.15) is 24.1 Å². The van der Waals surface area contributed by atoms with E-state index in [4.69, 9.17) is 11.6 Å². The smallest absolute Gasteiger partial charge is 0.128 e. The molecule has 0 amide bonds. The van der Waals surface area contributed by atoms with Gasteiger partial charge in [0.15, 0.2) is 0 Å². The molecule has 0 aliphatic rings. The van der Waals surface area contributed by atoms with Crippen LogP contribution in [0.15, 0.2) is 89.8 Å². The van der Waals surface area contributed by atoms with Crippen LogP contribution in [-0.2, 0) is 17.5 Å². The molecule has 2 nitrogen and oxygen atoms in total. The van der Waals surface area contributed by atoms with E-state index in [0.717, 1.165) is 11.1 Å². The molecule has 0 aliphatic carbocycles. The number of halogens is 1. The maximum atomic E-state index is 13.3. The second kappa shape index (κ2) is 8.43. The standard InChI is InChI=1S/C21H20ClNOS/c1-17(19-11-6-3-7-12-19)23(16-18-9-4-2-5-10-18)25(24)21-14-8-13-20(22)15-21/h2-15,17H,16H2,1H3/t17-,25+/m1/s1. The monoisotopic (exact) mass is 369 g/mol. The zero-order chi connectivity index (χ0) is 17.6. The van der Waals surface area contributed by atoms with E-state index in [1.807, 2.05) is 52.8 Å². The van der Waals surface area contributed by atoms with Crippen LogP contribution in [-0.4, -0.2) is 8.51 Å². The number of nitrogens with zero attached hydrogens (tertiary/aromatic N) is 1. The van der Waals surface area contributed by atoms with Crippen LogP contribution < -0.4 is 0 Å². The maximum Gasteiger partial charge on any atom is 0.128 e. The van der Waals surface area contributed by atoms with Crippen molar-refractivity contribution < 1.29 is 4.21 Å². The Labute approximate surface area is 156 Å². The highest BCUT2D eigenvalue weighted by Gasteiger charge is 2.23. The van der Waals surface area contributed by atoms with Crippen molar-refractivity contribution in [3.05, 3.63) is 101 Å². The molecule has 0 aromatic heterocycles. The third-order valence-corrected chi connectivity index (χ3v) is 5.87. The van der Waals surface area contributed by atoms with Gasteiger partial charge in [0.25, 0.3) is 0 Å². The first-order valence-electron chi connectivity index (χ1n) is 8.18. The van der Waals surface area contributed by atoms with Crippen molar-refractivity contribution in [1.82, 2.24) is 4.31 Å². The summed E-state index contributed by atoms with van der Waals surface area (Å²) >= 11 is 6.10. The van der Waals surface area contributed by atoms with Crippen molar-refractivity contribution in [2.75, 3.05) is 0 Å². The van der Waals surface area contributed by atoms with Crippen LogP contribution in [0, 0.1) is 0 Å². The second-order valence-electron chi connectivity index (χ2n) is 5.85. The number of rotatable bonds is 6. The molecule has 0 heterocycles. The summed E-state index contributed by atoms with van der Waals surface area (Å²) in [5.41, 5.74) is 2.26. The molecule has 0 saturated carbocycles. The van der Waals surface area contributed by atoms with Crippen LogP contribution in [0.25, 0.3) is 0 Å². The quantitative estimate of drug-likeness (QED) is 0.551. The van der Waals surface area contributed by atoms with Crippen molar-refractivity contribution in [1.29, 1.82) is 0 Å². The fourth-order valence-electron chi connectivity index (χ4n) is 2.71. The van der Waals surface area contributed by atoms with E-state index in [1.54, 1.807) is 12.1 Å². The molecule has 3 rings (SSSR count). The van der Waals surface area contributed by atoms with E-state index < -0.39 is 11.0 Å². The number of hydrogen-bond acceptors (Lipinski definition) is 1. The highest BCUT2D eigenvalue weighted by atomic mass is 35.5. The van der Waals surface area contributed by atoms with Gasteiger partial charge in [-0.05, 0) is 36.2 Å². The summed E-state index contributed by atoms with van der Waals surface area (Å²) in [6.45, 7) is 2.68. The van der Waals surface area contributed by atoms with Crippen molar-refractivity contribution in [2.24, 2.45) is 0 Å². The minimum Gasteiger partial charge on any atom is -0.237 e. The lowest BCUT2D eigenvalue weighted by atomic mass is 10.1. The average Bonchev–Trinajstić information content (AvgIpc) is 2.66. The van der Waals surface area contributed by atoms with Gasteiger partial charge in [0, 0.05) is 17.6 Å². The van der Waals surface area contributed by atoms with Crippen LogP contribution in [0.3, 0.4) is 0 Å². The molecule has 4 heteroatoms. The first-order valence-corrected chi connectivity index (χ1v) is 9.66. The Balaban J connectivity index is 1.95. The molecule has 2 atom stereocenters. The predicted octanol–water partition coefficient (Wildman–Crippen LogP) is 5.63. The molecule has 0 radical (unpaired) electrons. The van der Waals surface area contributed by atoms with Crippen LogP contribution in [0.2, 0.25) is 5.02 Å². The third-order valence-electron chi connectivity index (χ3n) is 4.11. The molecule has 0 fully saturated rings. The molecule has 0 aliphatic heterocycles. The molecule has 3 aromatic carbocycles. The van der Waals surface area contributed by atoms with E-state index in [9.17, 15) is 4.21 Å². The molecular formula is C21H20ClNOS. The zero-order valence-corrected chi connectivity index (χ0v) is 15.6. The average molecular weight is 370 g/mol. The molecule has 128 valence electrons. The summed E-state index contributed by atoms with van der Waals surface area (Å²) in [4.78, 5) is 0.714. The topological polar surface area (TPSA) is 20.3 Å². The Morgan fingerprint density at radius 1 is 0.920 bits per heavy atom. The summed E-state index contributed by atoms with van der Waals surface area (Å²) in [5, 5.41) is 0.595. The Morgan fingerprint density at radius 2 is 1.56 bits per heavy atom. The summed E-state index contributed by atoms with van der Waals surface area (Å²) in [5.74, 6) is 0. The van der Waals surface area contributed by atoms with Crippen molar-refractivity contribution in [3.8, 4) is 0 Å². The van der Waals surface area contributed by atoms with Gasteiger partial charge in [0.1, 0.15) is 11.0 Å². The first kappa shape index (κ1) is 17.9. The normalized spacial score (nSPS) is 13.6. The highest BCUT2D eigenvalue weighted by molar-refractivity contribution is 7.82. The lowest BCUT2D eigenvalue weighted by Gasteiger charge is -2.28. The first-order chi connectivity index (χ1) is 12.1. The van der Waals surface area contributed by atoms with Gasteiger partial charge in [-0.25, -0.2) is 8.51 Å². The number of hydrogen-bond donors (Lipinski definition) is 0. The molecule has 0 unspecified atom stereocenters. The molecule has 0 bridgehead atoms. The van der Waals surface area contributed by atoms with Gasteiger partial charge in [-0.2, -0.15) is 0 Å². The number of benzene rings is 3. The second-order valence-corrected chi connectivity index (χ2v) is 7.73. The van der Waals surface area contributed by atoms with Gasteiger partial charge in [-0.3, -0.25) is 0 Å². The van der Waals surface area contributed by atoms with Crippen molar-refractivity contribution >= 4 is 22.6 Å². The molecule has 0 N–H and O–H groups in total. The van der Waals surface area contributed by atoms with Gasteiger partial charge in [-0.15, -0.1) is 0 Å². The zero-order valence-electron chi connectivity index (χ0n) is 14.0. The third kappa shape index (κ3) is 4.57. The fourth-order valence-corrected chi connectivity index (χ4v) is 4.34. The fraction of sp³-hybridized carbons (Fsp3) is 0.143. The minimum atomic E-state index is -1.31. The molecule has 3 aromatic rings.